The van der Waals surface area contributed by atoms with Gasteiger partial charge in [0.15, 0.2) is 0 Å². The van der Waals surface area contributed by atoms with Crippen LogP contribution < -0.4 is 5.32 Å². The Morgan fingerprint density at radius 3 is 2.43 bits per heavy atom. The van der Waals surface area contributed by atoms with Gasteiger partial charge in [0, 0.05) is 5.69 Å². The first-order chi connectivity index (χ1) is 10.1. The Labute approximate surface area is 127 Å². The lowest BCUT2D eigenvalue weighted by Crippen LogP contribution is -2.21. The van der Waals surface area contributed by atoms with Crippen LogP contribution in [0.2, 0.25) is 0 Å². The van der Waals surface area contributed by atoms with Gasteiger partial charge in [0.25, 0.3) is 0 Å². The zero-order valence-electron chi connectivity index (χ0n) is 13.0. The first-order valence-corrected chi connectivity index (χ1v) is 7.55. The van der Waals surface area contributed by atoms with Gasteiger partial charge in [-0.2, -0.15) is 0 Å². The van der Waals surface area contributed by atoms with Gasteiger partial charge in [-0.15, -0.1) is 0 Å². The third kappa shape index (κ3) is 3.72. The van der Waals surface area contributed by atoms with E-state index in [1.54, 1.807) is 0 Å². The van der Waals surface area contributed by atoms with Crippen LogP contribution in [-0.2, 0) is 4.79 Å². The molecule has 1 amide bonds. The van der Waals surface area contributed by atoms with Crippen molar-refractivity contribution in [3.8, 4) is 0 Å². The van der Waals surface area contributed by atoms with E-state index in [4.69, 9.17) is 0 Å². The molecule has 0 unspecified atom stereocenters. The highest BCUT2D eigenvalue weighted by Gasteiger charge is 2.20. The molecule has 0 radical (unpaired) electrons. The number of hydrogen-bond acceptors (Lipinski definition) is 1. The maximum Gasteiger partial charge on any atom is 0.231 e. The Morgan fingerprint density at radius 2 is 1.76 bits per heavy atom. The molecule has 0 bridgehead atoms. The monoisotopic (exact) mass is 281 g/mol. The van der Waals surface area contributed by atoms with E-state index < -0.39 is 0 Å². The highest BCUT2D eigenvalue weighted by molar-refractivity contribution is 5.96. The molecule has 0 saturated carbocycles. The molecule has 0 heterocycles. The average Bonchev–Trinajstić information content (AvgIpc) is 2.50. The fourth-order valence-corrected chi connectivity index (χ4v) is 2.53. The van der Waals surface area contributed by atoms with E-state index in [9.17, 15) is 4.79 Å². The maximum atomic E-state index is 12.7. The molecule has 2 heteroatoms. The summed E-state index contributed by atoms with van der Waals surface area (Å²) in [6.07, 6.45) is 1.85. The molecule has 0 spiro atoms. The quantitative estimate of drug-likeness (QED) is 0.836. The van der Waals surface area contributed by atoms with E-state index in [0.29, 0.717) is 0 Å². The second-order valence-electron chi connectivity index (χ2n) is 5.49. The van der Waals surface area contributed by atoms with Gasteiger partial charge in [-0.25, -0.2) is 0 Å². The van der Waals surface area contributed by atoms with Crippen molar-refractivity contribution in [3.05, 3.63) is 65.2 Å². The SMILES string of the molecule is CCC[C@@H](C(=O)Nc1cccc(C)c1C)c1ccccc1. The van der Waals surface area contributed by atoms with E-state index in [2.05, 4.69) is 25.2 Å². The molecule has 0 saturated heterocycles. The number of carbonyl (C=O) groups excluding carboxylic acids is 1. The van der Waals surface area contributed by atoms with E-state index in [1.165, 1.54) is 5.56 Å². The van der Waals surface area contributed by atoms with Crippen molar-refractivity contribution in [2.24, 2.45) is 0 Å². The van der Waals surface area contributed by atoms with E-state index in [-0.39, 0.29) is 11.8 Å². The van der Waals surface area contributed by atoms with Crippen LogP contribution in [0.1, 0.15) is 42.4 Å². The van der Waals surface area contributed by atoms with Crippen molar-refractivity contribution < 1.29 is 4.79 Å². The molecule has 110 valence electrons. The average molecular weight is 281 g/mol. The minimum atomic E-state index is -0.0869. The minimum Gasteiger partial charge on any atom is -0.325 e. The van der Waals surface area contributed by atoms with Gasteiger partial charge >= 0.3 is 0 Å². The molecule has 1 atom stereocenters. The number of carbonyl (C=O) groups is 1. The highest BCUT2D eigenvalue weighted by Crippen LogP contribution is 2.25. The number of nitrogens with one attached hydrogen (secondary N) is 1. The summed E-state index contributed by atoms with van der Waals surface area (Å²) in [5.41, 5.74) is 4.33. The molecule has 0 aliphatic rings. The lowest BCUT2D eigenvalue weighted by molar-refractivity contribution is -0.117. The molecule has 2 rings (SSSR count). The van der Waals surface area contributed by atoms with Crippen LogP contribution in [0.4, 0.5) is 5.69 Å². The maximum absolute atomic E-state index is 12.7. The topological polar surface area (TPSA) is 29.1 Å². The minimum absolute atomic E-state index is 0.0803. The Kier molecular flexibility index (Phi) is 5.15. The molecule has 2 aromatic rings. The second-order valence-corrected chi connectivity index (χ2v) is 5.49. The summed E-state index contributed by atoms with van der Waals surface area (Å²) in [4.78, 5) is 12.7. The van der Waals surface area contributed by atoms with Crippen molar-refractivity contribution in [2.75, 3.05) is 5.32 Å². The summed E-state index contributed by atoms with van der Waals surface area (Å²) >= 11 is 0. The molecule has 0 aliphatic carbocycles. The van der Waals surface area contributed by atoms with E-state index in [1.807, 2.05) is 49.4 Å². The van der Waals surface area contributed by atoms with Crippen molar-refractivity contribution in [1.82, 2.24) is 0 Å². The van der Waals surface area contributed by atoms with Gasteiger partial charge in [0.05, 0.1) is 5.92 Å². The largest absolute Gasteiger partial charge is 0.325 e. The number of benzene rings is 2. The number of amides is 1. The Morgan fingerprint density at radius 1 is 1.05 bits per heavy atom. The van der Waals surface area contributed by atoms with Gasteiger partial charge < -0.3 is 5.32 Å². The second kappa shape index (κ2) is 7.07. The molecule has 0 aromatic heterocycles. The van der Waals surface area contributed by atoms with Gasteiger partial charge in [-0.3, -0.25) is 4.79 Å². The highest BCUT2D eigenvalue weighted by atomic mass is 16.1. The number of hydrogen-bond donors (Lipinski definition) is 1. The molecular formula is C19H23NO. The van der Waals surface area contributed by atoms with Crippen LogP contribution in [0, 0.1) is 13.8 Å². The molecule has 2 nitrogen and oxygen atoms in total. The van der Waals surface area contributed by atoms with Crippen LogP contribution in [0.5, 0.6) is 0 Å². The number of anilines is 1. The number of aryl methyl sites for hydroxylation is 1. The third-order valence-corrected chi connectivity index (χ3v) is 3.96. The molecule has 0 fully saturated rings. The summed E-state index contributed by atoms with van der Waals surface area (Å²) in [5.74, 6) is -0.00661. The van der Waals surface area contributed by atoms with Crippen LogP contribution in [0.25, 0.3) is 0 Å². The normalized spacial score (nSPS) is 12.0. The summed E-state index contributed by atoms with van der Waals surface area (Å²) in [6.45, 7) is 6.22. The summed E-state index contributed by atoms with van der Waals surface area (Å²) in [7, 11) is 0. The van der Waals surface area contributed by atoms with Crippen LogP contribution in [-0.4, -0.2) is 5.91 Å². The van der Waals surface area contributed by atoms with Crippen molar-refractivity contribution in [3.63, 3.8) is 0 Å². The van der Waals surface area contributed by atoms with Gasteiger partial charge in [-0.1, -0.05) is 55.8 Å². The van der Waals surface area contributed by atoms with E-state index >= 15 is 0 Å². The Hall–Kier alpha value is -2.09. The van der Waals surface area contributed by atoms with E-state index in [0.717, 1.165) is 29.7 Å². The predicted molar refractivity (Wildman–Crippen MR) is 88.6 cm³/mol. The fourth-order valence-electron chi connectivity index (χ4n) is 2.53. The zero-order valence-corrected chi connectivity index (χ0v) is 13.0. The van der Waals surface area contributed by atoms with Crippen LogP contribution in [0.3, 0.4) is 0 Å². The lowest BCUT2D eigenvalue weighted by Gasteiger charge is -2.18. The van der Waals surface area contributed by atoms with Crippen LogP contribution >= 0.6 is 0 Å². The molecule has 2 aromatic carbocycles. The standard InChI is InChI=1S/C19H23NO/c1-4-9-17(16-11-6-5-7-12-16)19(21)20-18-13-8-10-14(2)15(18)3/h5-8,10-13,17H,4,9H2,1-3H3,(H,20,21)/t17-/m1/s1. The lowest BCUT2D eigenvalue weighted by atomic mass is 9.93. The Bertz CT molecular complexity index is 604. The van der Waals surface area contributed by atoms with Gasteiger partial charge in [0.1, 0.15) is 0 Å². The van der Waals surface area contributed by atoms with Crippen molar-refractivity contribution in [2.45, 2.75) is 39.5 Å². The van der Waals surface area contributed by atoms with Gasteiger partial charge in [-0.05, 0) is 43.0 Å². The molecule has 21 heavy (non-hydrogen) atoms. The predicted octanol–water partition coefficient (Wildman–Crippen LogP) is 4.83. The molecule has 1 N–H and O–H groups in total. The van der Waals surface area contributed by atoms with Crippen molar-refractivity contribution >= 4 is 11.6 Å². The molecular weight excluding hydrogens is 258 g/mol. The first-order valence-electron chi connectivity index (χ1n) is 7.55. The smallest absolute Gasteiger partial charge is 0.231 e. The summed E-state index contributed by atoms with van der Waals surface area (Å²) in [6, 6.07) is 16.0. The third-order valence-electron chi connectivity index (χ3n) is 3.96. The van der Waals surface area contributed by atoms with Crippen LogP contribution in [0.15, 0.2) is 48.5 Å². The fraction of sp³-hybridized carbons (Fsp3) is 0.316. The molecule has 0 aliphatic heterocycles. The zero-order chi connectivity index (χ0) is 15.2. The van der Waals surface area contributed by atoms with Crippen molar-refractivity contribution in [1.29, 1.82) is 0 Å². The first kappa shape index (κ1) is 15.3. The summed E-state index contributed by atoms with van der Waals surface area (Å²) < 4.78 is 0. The van der Waals surface area contributed by atoms with Gasteiger partial charge in [0.2, 0.25) is 5.91 Å². The summed E-state index contributed by atoms with van der Waals surface area (Å²) in [5, 5.41) is 3.10. The number of rotatable bonds is 5. The Balaban J connectivity index is 2.21.